The van der Waals surface area contributed by atoms with Crippen molar-refractivity contribution < 1.29 is 0 Å². The topological polar surface area (TPSA) is 62.7 Å². The number of rotatable bonds is 0. The first-order valence-electron chi connectivity index (χ1n) is 3.37. The van der Waals surface area contributed by atoms with Crippen LogP contribution in [0.1, 0.15) is 25.1 Å². The minimum atomic E-state index is 0.509. The second-order valence-electron chi connectivity index (χ2n) is 1.62. The van der Waals surface area contributed by atoms with Crippen LogP contribution in [0.2, 0.25) is 0 Å². The van der Waals surface area contributed by atoms with Crippen molar-refractivity contribution in [1.29, 1.82) is 5.26 Å². The third-order valence-corrected chi connectivity index (χ3v) is 1.77. The lowest BCUT2D eigenvalue weighted by atomic mass is 10.3. The molecule has 0 fully saturated rings. The van der Waals surface area contributed by atoms with Gasteiger partial charge in [-0.2, -0.15) is 9.64 Å². The van der Waals surface area contributed by atoms with Gasteiger partial charge in [-0.3, -0.25) is 0 Å². The Kier molecular flexibility index (Phi) is 4.23. The Morgan fingerprint density at radius 3 is 2.27 bits per heavy atom. The first kappa shape index (κ1) is 9.92. The second-order valence-corrected chi connectivity index (χ2v) is 2.42. The van der Waals surface area contributed by atoms with Crippen molar-refractivity contribution in [2.24, 2.45) is 0 Å². The fraction of sp³-hybridized carbons (Fsp3) is 0.429. The molecule has 1 aromatic rings. The largest absolute Gasteiger partial charge is 0.388 e. The van der Waals surface area contributed by atoms with Crippen LogP contribution in [-0.2, 0) is 0 Å². The van der Waals surface area contributed by atoms with E-state index in [1.165, 1.54) is 0 Å². The summed E-state index contributed by atoms with van der Waals surface area (Å²) in [5.41, 5.74) is 6.62. The van der Waals surface area contributed by atoms with Crippen LogP contribution in [0.5, 0.6) is 0 Å². The van der Waals surface area contributed by atoms with Gasteiger partial charge in [-0.05, 0) is 18.5 Å². The summed E-state index contributed by atoms with van der Waals surface area (Å²) in [4.78, 5) is 0. The molecule has 1 rings (SSSR count). The molecule has 2 N–H and O–H groups in total. The zero-order chi connectivity index (χ0) is 8.85. The summed E-state index contributed by atoms with van der Waals surface area (Å²) in [5.74, 6) is 0. The molecule has 0 saturated carbocycles. The highest BCUT2D eigenvalue weighted by Gasteiger charge is 2.04. The number of aromatic nitrogens is 1. The number of hydrogen-bond donors (Lipinski definition) is 1. The summed E-state index contributed by atoms with van der Waals surface area (Å²) < 4.78 is 3.88. The Bertz CT molecular complexity index is 240. The summed E-state index contributed by atoms with van der Waals surface area (Å²) in [6, 6.07) is 1.97. The molecule has 0 aliphatic carbocycles. The number of nitrogen functional groups attached to an aromatic ring is 1. The molecule has 1 aromatic heterocycles. The Balaban J connectivity index is 0.000000461. The molecule has 60 valence electrons. The van der Waals surface area contributed by atoms with Gasteiger partial charge in [-0.25, -0.2) is 0 Å². The first-order chi connectivity index (χ1) is 5.25. The predicted molar refractivity (Wildman–Crippen MR) is 47.3 cm³/mol. The van der Waals surface area contributed by atoms with Crippen LogP contribution in [0.4, 0.5) is 5.00 Å². The Morgan fingerprint density at radius 1 is 1.55 bits per heavy atom. The van der Waals surface area contributed by atoms with Gasteiger partial charge in [0.05, 0.1) is 5.69 Å². The molecule has 0 amide bonds. The van der Waals surface area contributed by atoms with Gasteiger partial charge in [0.15, 0.2) is 0 Å². The standard InChI is InChI=1S/C5H5N3S.C2H6/c1-3-4(2-6)5(7)9-8-3;1-2/h7H2,1H3;1-2H3. The van der Waals surface area contributed by atoms with Gasteiger partial charge in [-0.15, -0.1) is 0 Å². The van der Waals surface area contributed by atoms with Gasteiger partial charge < -0.3 is 5.73 Å². The van der Waals surface area contributed by atoms with E-state index in [2.05, 4.69) is 4.37 Å². The van der Waals surface area contributed by atoms with Crippen LogP contribution in [0.3, 0.4) is 0 Å². The summed E-state index contributed by atoms with van der Waals surface area (Å²) in [5, 5.41) is 8.93. The highest BCUT2D eigenvalue weighted by Crippen LogP contribution is 2.18. The minimum absolute atomic E-state index is 0.509. The highest BCUT2D eigenvalue weighted by atomic mass is 32.1. The molecule has 0 radical (unpaired) electrons. The van der Waals surface area contributed by atoms with Gasteiger partial charge in [-0.1, -0.05) is 13.8 Å². The van der Waals surface area contributed by atoms with Crippen LogP contribution in [0.15, 0.2) is 0 Å². The van der Waals surface area contributed by atoms with Gasteiger partial charge in [0.25, 0.3) is 0 Å². The van der Waals surface area contributed by atoms with Crippen LogP contribution in [0, 0.1) is 18.3 Å². The fourth-order valence-corrected chi connectivity index (χ4v) is 1.13. The molecule has 0 bridgehead atoms. The van der Waals surface area contributed by atoms with E-state index in [0.29, 0.717) is 10.6 Å². The van der Waals surface area contributed by atoms with Crippen LogP contribution in [-0.4, -0.2) is 4.37 Å². The van der Waals surface area contributed by atoms with Gasteiger partial charge in [0, 0.05) is 0 Å². The quantitative estimate of drug-likeness (QED) is 0.645. The molecule has 1 heterocycles. The smallest absolute Gasteiger partial charge is 0.125 e. The molecule has 0 aliphatic rings. The number of nitriles is 1. The fourth-order valence-electron chi connectivity index (χ4n) is 0.523. The van der Waals surface area contributed by atoms with Crippen LogP contribution < -0.4 is 5.73 Å². The first-order valence-corrected chi connectivity index (χ1v) is 4.15. The van der Waals surface area contributed by atoms with Crippen molar-refractivity contribution in [3.05, 3.63) is 11.3 Å². The number of nitrogens with zero attached hydrogens (tertiary/aromatic N) is 2. The van der Waals surface area contributed by atoms with E-state index in [9.17, 15) is 0 Å². The van der Waals surface area contributed by atoms with E-state index in [4.69, 9.17) is 11.0 Å². The Morgan fingerprint density at radius 2 is 2.09 bits per heavy atom. The lowest BCUT2D eigenvalue weighted by molar-refractivity contribution is 1.31. The maximum Gasteiger partial charge on any atom is 0.125 e. The van der Waals surface area contributed by atoms with Crippen LogP contribution in [0.25, 0.3) is 0 Å². The number of aryl methyl sites for hydroxylation is 1. The molecular formula is C7H11N3S. The number of hydrogen-bond acceptors (Lipinski definition) is 4. The van der Waals surface area contributed by atoms with Crippen molar-refractivity contribution in [3.8, 4) is 6.07 Å². The highest BCUT2D eigenvalue weighted by molar-refractivity contribution is 7.10. The summed E-state index contributed by atoms with van der Waals surface area (Å²) in [6.45, 7) is 5.77. The second kappa shape index (κ2) is 4.69. The predicted octanol–water partition coefficient (Wildman–Crippen LogP) is 1.93. The summed E-state index contributed by atoms with van der Waals surface area (Å²) >= 11 is 1.16. The molecule has 0 spiro atoms. The average molecular weight is 169 g/mol. The van der Waals surface area contributed by atoms with E-state index in [-0.39, 0.29) is 0 Å². The van der Waals surface area contributed by atoms with E-state index >= 15 is 0 Å². The molecule has 11 heavy (non-hydrogen) atoms. The van der Waals surface area contributed by atoms with Crippen molar-refractivity contribution in [2.75, 3.05) is 5.73 Å². The normalized spacial score (nSPS) is 7.82. The molecule has 0 unspecified atom stereocenters. The van der Waals surface area contributed by atoms with Crippen molar-refractivity contribution >= 4 is 16.5 Å². The van der Waals surface area contributed by atoms with E-state index in [0.717, 1.165) is 17.2 Å². The summed E-state index contributed by atoms with van der Waals surface area (Å²) in [7, 11) is 0. The molecule has 0 saturated heterocycles. The van der Waals surface area contributed by atoms with E-state index < -0.39 is 0 Å². The molecule has 0 aromatic carbocycles. The maximum absolute atomic E-state index is 8.42. The molecule has 3 nitrogen and oxygen atoms in total. The Hall–Kier alpha value is -1.08. The van der Waals surface area contributed by atoms with Gasteiger partial charge >= 0.3 is 0 Å². The summed E-state index contributed by atoms with van der Waals surface area (Å²) in [6.07, 6.45) is 0. The van der Waals surface area contributed by atoms with E-state index in [1.807, 2.05) is 19.9 Å². The zero-order valence-corrected chi connectivity index (χ0v) is 7.70. The van der Waals surface area contributed by atoms with Gasteiger partial charge in [0.2, 0.25) is 0 Å². The molecule has 0 aliphatic heterocycles. The number of nitrogens with two attached hydrogens (primary N) is 1. The van der Waals surface area contributed by atoms with Crippen molar-refractivity contribution in [3.63, 3.8) is 0 Å². The third kappa shape index (κ3) is 2.20. The van der Waals surface area contributed by atoms with Crippen molar-refractivity contribution in [1.82, 2.24) is 4.37 Å². The molecular weight excluding hydrogens is 158 g/mol. The molecule has 4 heteroatoms. The van der Waals surface area contributed by atoms with Crippen molar-refractivity contribution in [2.45, 2.75) is 20.8 Å². The average Bonchev–Trinajstić information content (AvgIpc) is 2.35. The van der Waals surface area contributed by atoms with Crippen LogP contribution >= 0.6 is 11.5 Å². The monoisotopic (exact) mass is 169 g/mol. The third-order valence-electron chi connectivity index (χ3n) is 1.00. The maximum atomic E-state index is 8.42. The molecule has 0 atom stereocenters. The minimum Gasteiger partial charge on any atom is -0.388 e. The lowest BCUT2D eigenvalue weighted by Crippen LogP contribution is -1.83. The SMILES string of the molecule is CC.Cc1nsc(N)c1C#N. The number of anilines is 1. The lowest BCUT2D eigenvalue weighted by Gasteiger charge is -1.80. The Labute approximate surface area is 70.6 Å². The zero-order valence-electron chi connectivity index (χ0n) is 6.88. The van der Waals surface area contributed by atoms with Gasteiger partial charge in [0.1, 0.15) is 16.6 Å². The van der Waals surface area contributed by atoms with E-state index in [1.54, 1.807) is 6.92 Å².